The molecule has 0 spiro atoms. The standard InChI is InChI=1S/C14H24N2O3/c1-2-19-14(18)10-5-7-11(8-6-10)16-13(17)12-4-3-9-15-12/h10-12,15H,2-9H2,1H3,(H,16,17). The molecule has 0 aromatic carbocycles. The topological polar surface area (TPSA) is 67.4 Å². The highest BCUT2D eigenvalue weighted by molar-refractivity contribution is 5.82. The summed E-state index contributed by atoms with van der Waals surface area (Å²) >= 11 is 0. The zero-order chi connectivity index (χ0) is 13.7. The lowest BCUT2D eigenvalue weighted by Gasteiger charge is -2.28. The molecule has 108 valence electrons. The molecule has 19 heavy (non-hydrogen) atoms. The minimum absolute atomic E-state index is 0.0113. The Morgan fingerprint density at radius 3 is 2.53 bits per heavy atom. The third kappa shape index (κ3) is 3.93. The van der Waals surface area contributed by atoms with Crippen molar-refractivity contribution < 1.29 is 14.3 Å². The summed E-state index contributed by atoms with van der Waals surface area (Å²) in [6, 6.07) is 0.211. The SMILES string of the molecule is CCOC(=O)C1CCC(NC(=O)C2CCCN2)CC1. The largest absolute Gasteiger partial charge is 0.466 e. The van der Waals surface area contributed by atoms with Crippen molar-refractivity contribution in [1.82, 2.24) is 10.6 Å². The number of esters is 1. The molecule has 5 heteroatoms. The van der Waals surface area contributed by atoms with E-state index in [1.807, 2.05) is 6.92 Å². The molecule has 1 aliphatic heterocycles. The number of hydrogen-bond donors (Lipinski definition) is 2. The molecular formula is C14H24N2O3. The monoisotopic (exact) mass is 268 g/mol. The molecule has 1 unspecified atom stereocenters. The molecule has 1 atom stereocenters. The minimum atomic E-state index is -0.0789. The van der Waals surface area contributed by atoms with E-state index in [1.165, 1.54) is 0 Å². The van der Waals surface area contributed by atoms with Crippen LogP contribution in [0.3, 0.4) is 0 Å². The van der Waals surface area contributed by atoms with Crippen LogP contribution in [0.25, 0.3) is 0 Å². The smallest absolute Gasteiger partial charge is 0.308 e. The van der Waals surface area contributed by atoms with Gasteiger partial charge in [-0.2, -0.15) is 0 Å². The fourth-order valence-electron chi connectivity index (χ4n) is 2.94. The summed E-state index contributed by atoms with van der Waals surface area (Å²) in [4.78, 5) is 23.6. The summed E-state index contributed by atoms with van der Waals surface area (Å²) in [7, 11) is 0. The van der Waals surface area contributed by atoms with Gasteiger partial charge >= 0.3 is 5.97 Å². The Balaban J connectivity index is 1.71. The molecule has 0 aromatic rings. The van der Waals surface area contributed by atoms with Gasteiger partial charge in [-0.1, -0.05) is 0 Å². The Morgan fingerprint density at radius 2 is 1.95 bits per heavy atom. The van der Waals surface area contributed by atoms with Crippen LogP contribution >= 0.6 is 0 Å². The maximum Gasteiger partial charge on any atom is 0.308 e. The number of carbonyl (C=O) groups excluding carboxylic acids is 2. The van der Waals surface area contributed by atoms with E-state index >= 15 is 0 Å². The van der Waals surface area contributed by atoms with Gasteiger partial charge in [0.2, 0.25) is 5.91 Å². The van der Waals surface area contributed by atoms with E-state index in [0.29, 0.717) is 6.61 Å². The molecule has 0 bridgehead atoms. The molecule has 5 nitrogen and oxygen atoms in total. The second-order valence-corrected chi connectivity index (χ2v) is 5.46. The Hall–Kier alpha value is -1.10. The fraction of sp³-hybridized carbons (Fsp3) is 0.857. The van der Waals surface area contributed by atoms with Gasteiger partial charge in [-0.25, -0.2) is 0 Å². The third-order valence-electron chi connectivity index (χ3n) is 4.07. The Kier molecular flexibility index (Phi) is 5.19. The number of carbonyl (C=O) groups is 2. The quantitative estimate of drug-likeness (QED) is 0.746. The van der Waals surface area contributed by atoms with Gasteiger partial charge in [0.15, 0.2) is 0 Å². The molecule has 1 saturated carbocycles. The summed E-state index contributed by atoms with van der Waals surface area (Å²) < 4.78 is 5.04. The Morgan fingerprint density at radius 1 is 1.21 bits per heavy atom. The highest BCUT2D eigenvalue weighted by Crippen LogP contribution is 2.25. The van der Waals surface area contributed by atoms with Gasteiger partial charge in [-0.3, -0.25) is 9.59 Å². The summed E-state index contributed by atoms with van der Waals surface area (Å²) in [5, 5.41) is 6.30. The molecule has 2 aliphatic rings. The molecule has 1 saturated heterocycles. The first-order chi connectivity index (χ1) is 9.20. The van der Waals surface area contributed by atoms with Crippen LogP contribution < -0.4 is 10.6 Å². The van der Waals surface area contributed by atoms with Crippen LogP contribution in [0.1, 0.15) is 45.4 Å². The summed E-state index contributed by atoms with van der Waals surface area (Å²) in [5.74, 6) is 0.0690. The molecule has 2 fully saturated rings. The lowest BCUT2D eigenvalue weighted by molar-refractivity contribution is -0.149. The van der Waals surface area contributed by atoms with Crippen molar-refractivity contribution in [2.45, 2.75) is 57.5 Å². The predicted octanol–water partition coefficient (Wildman–Crippen LogP) is 0.976. The zero-order valence-electron chi connectivity index (χ0n) is 11.6. The molecule has 1 amide bonds. The number of hydrogen-bond acceptors (Lipinski definition) is 4. The van der Waals surface area contributed by atoms with Crippen LogP contribution in [0.2, 0.25) is 0 Å². The zero-order valence-corrected chi connectivity index (χ0v) is 11.6. The molecule has 1 aliphatic carbocycles. The summed E-state index contributed by atoms with van der Waals surface area (Å²) in [6.07, 6.45) is 5.41. The highest BCUT2D eigenvalue weighted by atomic mass is 16.5. The van der Waals surface area contributed by atoms with Gasteiger partial charge in [0.25, 0.3) is 0 Å². The van der Waals surface area contributed by atoms with Crippen molar-refractivity contribution in [1.29, 1.82) is 0 Å². The number of rotatable bonds is 4. The predicted molar refractivity (Wildman–Crippen MR) is 71.5 cm³/mol. The first kappa shape index (κ1) is 14.3. The maximum absolute atomic E-state index is 12.0. The molecule has 2 N–H and O–H groups in total. The van der Waals surface area contributed by atoms with E-state index < -0.39 is 0 Å². The Bertz CT molecular complexity index is 319. The first-order valence-electron chi connectivity index (χ1n) is 7.41. The van der Waals surface area contributed by atoms with Crippen LogP contribution in [0.15, 0.2) is 0 Å². The van der Waals surface area contributed by atoms with Gasteiger partial charge in [0.1, 0.15) is 0 Å². The van der Waals surface area contributed by atoms with Crippen LogP contribution in [0.4, 0.5) is 0 Å². The van der Waals surface area contributed by atoms with E-state index in [0.717, 1.165) is 45.1 Å². The molecule has 2 rings (SSSR count). The van der Waals surface area contributed by atoms with Crippen LogP contribution in [-0.2, 0) is 14.3 Å². The molecule has 1 heterocycles. The molecule has 0 radical (unpaired) electrons. The first-order valence-corrected chi connectivity index (χ1v) is 7.41. The van der Waals surface area contributed by atoms with Crippen molar-refractivity contribution in [3.05, 3.63) is 0 Å². The van der Waals surface area contributed by atoms with E-state index in [9.17, 15) is 9.59 Å². The summed E-state index contributed by atoms with van der Waals surface area (Å²) in [5.41, 5.74) is 0. The van der Waals surface area contributed by atoms with Crippen molar-refractivity contribution in [3.8, 4) is 0 Å². The number of nitrogens with one attached hydrogen (secondary N) is 2. The van der Waals surface area contributed by atoms with Gasteiger partial charge in [-0.05, 0) is 52.0 Å². The lowest BCUT2D eigenvalue weighted by atomic mass is 9.86. The van der Waals surface area contributed by atoms with Gasteiger partial charge in [0, 0.05) is 6.04 Å². The van der Waals surface area contributed by atoms with Crippen molar-refractivity contribution in [2.24, 2.45) is 5.92 Å². The van der Waals surface area contributed by atoms with Crippen LogP contribution in [0.5, 0.6) is 0 Å². The molecular weight excluding hydrogens is 244 g/mol. The van der Waals surface area contributed by atoms with E-state index in [4.69, 9.17) is 4.74 Å². The van der Waals surface area contributed by atoms with Crippen molar-refractivity contribution >= 4 is 11.9 Å². The minimum Gasteiger partial charge on any atom is -0.466 e. The number of ether oxygens (including phenoxy) is 1. The molecule has 0 aromatic heterocycles. The fourth-order valence-corrected chi connectivity index (χ4v) is 2.94. The second kappa shape index (κ2) is 6.89. The summed E-state index contributed by atoms with van der Waals surface area (Å²) in [6.45, 7) is 3.22. The number of amides is 1. The van der Waals surface area contributed by atoms with Gasteiger partial charge < -0.3 is 15.4 Å². The van der Waals surface area contributed by atoms with Crippen molar-refractivity contribution in [2.75, 3.05) is 13.2 Å². The average Bonchev–Trinajstić information content (AvgIpc) is 2.94. The normalized spacial score (nSPS) is 30.9. The third-order valence-corrected chi connectivity index (χ3v) is 4.07. The van der Waals surface area contributed by atoms with Gasteiger partial charge in [-0.15, -0.1) is 0 Å². The second-order valence-electron chi connectivity index (χ2n) is 5.46. The Labute approximate surface area is 114 Å². The van der Waals surface area contributed by atoms with Crippen LogP contribution in [0, 0.1) is 5.92 Å². The van der Waals surface area contributed by atoms with Gasteiger partial charge in [0.05, 0.1) is 18.6 Å². The lowest BCUT2D eigenvalue weighted by Crippen LogP contribution is -2.46. The van der Waals surface area contributed by atoms with E-state index in [2.05, 4.69) is 10.6 Å². The highest BCUT2D eigenvalue weighted by Gasteiger charge is 2.30. The van der Waals surface area contributed by atoms with Crippen LogP contribution in [-0.4, -0.2) is 37.1 Å². The average molecular weight is 268 g/mol. The van der Waals surface area contributed by atoms with Crippen molar-refractivity contribution in [3.63, 3.8) is 0 Å². The van der Waals surface area contributed by atoms with E-state index in [1.54, 1.807) is 0 Å². The maximum atomic E-state index is 12.0. The van der Waals surface area contributed by atoms with E-state index in [-0.39, 0.29) is 29.9 Å².